The van der Waals surface area contributed by atoms with Crippen molar-refractivity contribution in [3.05, 3.63) is 29.0 Å². The Balaban J connectivity index is 2.95. The third kappa shape index (κ3) is 4.00. The van der Waals surface area contributed by atoms with Crippen LogP contribution >= 0.6 is 11.6 Å². The SMILES string of the molecule is CC(C)CN(CC(N)=O)C(=O)c1cnccc1Cl. The van der Waals surface area contributed by atoms with Crippen LogP contribution in [0.25, 0.3) is 0 Å². The molecule has 1 aromatic heterocycles. The summed E-state index contributed by atoms with van der Waals surface area (Å²) < 4.78 is 0. The van der Waals surface area contributed by atoms with Crippen LogP contribution in [0.15, 0.2) is 18.5 Å². The van der Waals surface area contributed by atoms with E-state index in [1.807, 2.05) is 13.8 Å². The second-order valence-electron chi connectivity index (χ2n) is 4.40. The summed E-state index contributed by atoms with van der Waals surface area (Å²) in [5.74, 6) is -0.659. The van der Waals surface area contributed by atoms with Crippen LogP contribution in [0.4, 0.5) is 0 Å². The molecule has 1 rings (SSSR count). The van der Waals surface area contributed by atoms with Gasteiger partial charge in [0.05, 0.1) is 17.1 Å². The molecular formula is C12H16ClN3O2. The first-order valence-corrected chi connectivity index (χ1v) is 5.96. The van der Waals surface area contributed by atoms with Crippen LogP contribution in [-0.4, -0.2) is 34.8 Å². The van der Waals surface area contributed by atoms with Gasteiger partial charge in [0.25, 0.3) is 5.91 Å². The predicted octanol–water partition coefficient (Wildman–Crippen LogP) is 1.32. The molecule has 0 bridgehead atoms. The molecule has 2 amide bonds. The Hall–Kier alpha value is -1.62. The summed E-state index contributed by atoms with van der Waals surface area (Å²) in [6, 6.07) is 1.53. The Bertz CT molecular complexity index is 449. The van der Waals surface area contributed by atoms with Crippen LogP contribution in [0.2, 0.25) is 5.02 Å². The summed E-state index contributed by atoms with van der Waals surface area (Å²) >= 11 is 5.93. The highest BCUT2D eigenvalue weighted by Crippen LogP contribution is 2.16. The van der Waals surface area contributed by atoms with Gasteiger partial charge in [-0.25, -0.2) is 0 Å². The molecule has 0 spiro atoms. The Labute approximate surface area is 111 Å². The largest absolute Gasteiger partial charge is 0.368 e. The Morgan fingerprint density at radius 2 is 2.17 bits per heavy atom. The number of pyridine rings is 1. The van der Waals surface area contributed by atoms with Gasteiger partial charge < -0.3 is 10.6 Å². The Morgan fingerprint density at radius 1 is 1.50 bits per heavy atom. The minimum absolute atomic E-state index is 0.123. The van der Waals surface area contributed by atoms with Crippen LogP contribution in [0, 0.1) is 5.92 Å². The maximum atomic E-state index is 12.2. The Morgan fingerprint density at radius 3 is 2.67 bits per heavy atom. The molecular weight excluding hydrogens is 254 g/mol. The maximum absolute atomic E-state index is 12.2. The van der Waals surface area contributed by atoms with Crippen molar-refractivity contribution in [3.63, 3.8) is 0 Å². The van der Waals surface area contributed by atoms with E-state index >= 15 is 0 Å². The smallest absolute Gasteiger partial charge is 0.257 e. The number of hydrogen-bond acceptors (Lipinski definition) is 3. The average Bonchev–Trinajstić information content (AvgIpc) is 2.26. The number of hydrogen-bond donors (Lipinski definition) is 1. The standard InChI is InChI=1S/C12H16ClN3O2/c1-8(2)6-16(7-11(14)17)12(18)9-5-15-4-3-10(9)13/h3-5,8H,6-7H2,1-2H3,(H2,14,17). The lowest BCUT2D eigenvalue weighted by Gasteiger charge is -2.23. The third-order valence-electron chi connectivity index (χ3n) is 2.22. The molecule has 0 unspecified atom stereocenters. The highest BCUT2D eigenvalue weighted by atomic mass is 35.5. The zero-order valence-corrected chi connectivity index (χ0v) is 11.1. The van der Waals surface area contributed by atoms with Gasteiger partial charge in [-0.05, 0) is 12.0 Å². The first kappa shape index (κ1) is 14.4. The fraction of sp³-hybridized carbons (Fsp3) is 0.417. The van der Waals surface area contributed by atoms with Gasteiger partial charge in [0, 0.05) is 18.9 Å². The molecule has 5 nitrogen and oxygen atoms in total. The monoisotopic (exact) mass is 269 g/mol. The summed E-state index contributed by atoms with van der Waals surface area (Å²) in [6.45, 7) is 4.22. The van der Waals surface area contributed by atoms with E-state index in [9.17, 15) is 9.59 Å². The molecule has 0 aliphatic carbocycles. The summed E-state index contributed by atoms with van der Waals surface area (Å²) in [5.41, 5.74) is 5.42. The van der Waals surface area contributed by atoms with E-state index in [1.165, 1.54) is 23.4 Å². The molecule has 0 aliphatic rings. The van der Waals surface area contributed by atoms with Gasteiger partial charge in [-0.3, -0.25) is 14.6 Å². The van der Waals surface area contributed by atoms with Crippen molar-refractivity contribution in [3.8, 4) is 0 Å². The van der Waals surface area contributed by atoms with E-state index in [1.54, 1.807) is 0 Å². The van der Waals surface area contributed by atoms with Crippen molar-refractivity contribution in [2.75, 3.05) is 13.1 Å². The van der Waals surface area contributed by atoms with Crippen LogP contribution in [0.5, 0.6) is 0 Å². The number of carbonyl (C=O) groups is 2. The van der Waals surface area contributed by atoms with Crippen molar-refractivity contribution in [2.24, 2.45) is 11.7 Å². The first-order chi connectivity index (χ1) is 8.41. The number of carbonyl (C=O) groups excluding carboxylic acids is 2. The normalized spacial score (nSPS) is 10.4. The summed E-state index contributed by atoms with van der Waals surface area (Å²) in [6.07, 6.45) is 2.89. The molecule has 0 atom stereocenters. The number of amides is 2. The number of rotatable bonds is 5. The van der Waals surface area contributed by atoms with Gasteiger partial charge in [-0.15, -0.1) is 0 Å². The molecule has 6 heteroatoms. The molecule has 0 aliphatic heterocycles. The van der Waals surface area contributed by atoms with Gasteiger partial charge in [0.15, 0.2) is 0 Å². The third-order valence-corrected chi connectivity index (χ3v) is 2.55. The molecule has 0 saturated carbocycles. The molecule has 0 radical (unpaired) electrons. The highest BCUT2D eigenvalue weighted by Gasteiger charge is 2.20. The van der Waals surface area contributed by atoms with E-state index in [2.05, 4.69) is 4.98 Å². The van der Waals surface area contributed by atoms with Crippen molar-refractivity contribution < 1.29 is 9.59 Å². The topological polar surface area (TPSA) is 76.3 Å². The van der Waals surface area contributed by atoms with Crippen molar-refractivity contribution >= 4 is 23.4 Å². The van der Waals surface area contributed by atoms with Crippen molar-refractivity contribution in [2.45, 2.75) is 13.8 Å². The first-order valence-electron chi connectivity index (χ1n) is 5.59. The fourth-order valence-corrected chi connectivity index (χ4v) is 1.74. The van der Waals surface area contributed by atoms with E-state index < -0.39 is 5.91 Å². The van der Waals surface area contributed by atoms with Gasteiger partial charge in [0.2, 0.25) is 5.91 Å². The van der Waals surface area contributed by atoms with Gasteiger partial charge in [-0.1, -0.05) is 25.4 Å². The number of primary amides is 1. The van der Waals surface area contributed by atoms with Crippen LogP contribution in [0.1, 0.15) is 24.2 Å². The summed E-state index contributed by atoms with van der Waals surface area (Å²) in [7, 11) is 0. The molecule has 18 heavy (non-hydrogen) atoms. The summed E-state index contributed by atoms with van der Waals surface area (Å²) in [4.78, 5) is 28.5. The molecule has 98 valence electrons. The quantitative estimate of drug-likeness (QED) is 0.876. The van der Waals surface area contributed by atoms with E-state index in [4.69, 9.17) is 17.3 Å². The number of nitrogens with zero attached hydrogens (tertiary/aromatic N) is 2. The minimum Gasteiger partial charge on any atom is -0.368 e. The Kier molecular flexibility index (Phi) is 5.09. The highest BCUT2D eigenvalue weighted by molar-refractivity contribution is 6.33. The molecule has 0 fully saturated rings. The lowest BCUT2D eigenvalue weighted by molar-refractivity contribution is -0.118. The van der Waals surface area contributed by atoms with Gasteiger partial charge in [-0.2, -0.15) is 0 Å². The van der Waals surface area contributed by atoms with Crippen LogP contribution in [-0.2, 0) is 4.79 Å². The van der Waals surface area contributed by atoms with Gasteiger partial charge >= 0.3 is 0 Å². The fourth-order valence-electron chi connectivity index (χ4n) is 1.55. The molecule has 0 saturated heterocycles. The molecule has 2 N–H and O–H groups in total. The predicted molar refractivity (Wildman–Crippen MR) is 69.2 cm³/mol. The second kappa shape index (κ2) is 6.35. The van der Waals surface area contributed by atoms with E-state index in [0.29, 0.717) is 11.6 Å². The van der Waals surface area contributed by atoms with Crippen LogP contribution in [0.3, 0.4) is 0 Å². The van der Waals surface area contributed by atoms with Crippen molar-refractivity contribution in [1.29, 1.82) is 0 Å². The zero-order valence-electron chi connectivity index (χ0n) is 10.4. The van der Waals surface area contributed by atoms with E-state index in [-0.39, 0.29) is 23.9 Å². The molecule has 0 aromatic carbocycles. The zero-order chi connectivity index (χ0) is 13.7. The molecule has 1 aromatic rings. The lowest BCUT2D eigenvalue weighted by atomic mass is 10.1. The molecule has 1 heterocycles. The second-order valence-corrected chi connectivity index (χ2v) is 4.81. The minimum atomic E-state index is -0.552. The number of halogens is 1. The van der Waals surface area contributed by atoms with Crippen LogP contribution < -0.4 is 5.73 Å². The van der Waals surface area contributed by atoms with Gasteiger partial charge in [0.1, 0.15) is 0 Å². The summed E-state index contributed by atoms with van der Waals surface area (Å²) in [5, 5.41) is 0.313. The number of nitrogens with two attached hydrogens (primary N) is 1. The maximum Gasteiger partial charge on any atom is 0.257 e. The average molecular weight is 270 g/mol. The van der Waals surface area contributed by atoms with Crippen molar-refractivity contribution in [1.82, 2.24) is 9.88 Å². The number of aromatic nitrogens is 1. The lowest BCUT2D eigenvalue weighted by Crippen LogP contribution is -2.40. The van der Waals surface area contributed by atoms with E-state index in [0.717, 1.165) is 0 Å².